The Morgan fingerprint density at radius 2 is 2.00 bits per heavy atom. The molecule has 5 nitrogen and oxygen atoms in total. The van der Waals surface area contributed by atoms with Crippen molar-refractivity contribution in [2.24, 2.45) is 4.99 Å². The first-order chi connectivity index (χ1) is 11.7. The summed E-state index contributed by atoms with van der Waals surface area (Å²) < 4.78 is 0. The van der Waals surface area contributed by atoms with E-state index in [0.29, 0.717) is 6.04 Å². The molecule has 0 aliphatic heterocycles. The van der Waals surface area contributed by atoms with Crippen molar-refractivity contribution < 1.29 is 0 Å². The quantitative estimate of drug-likeness (QED) is 0.302. The maximum atomic E-state index is 4.67. The van der Waals surface area contributed by atoms with E-state index in [0.717, 1.165) is 50.7 Å². The van der Waals surface area contributed by atoms with Gasteiger partial charge in [0.2, 0.25) is 0 Å². The van der Waals surface area contributed by atoms with Gasteiger partial charge >= 0.3 is 0 Å². The second kappa shape index (κ2) is 15.4. The fourth-order valence-corrected chi connectivity index (χ4v) is 2.61. The molecular weight excluding hydrogens is 425 g/mol. The van der Waals surface area contributed by atoms with Gasteiger partial charge in [0.05, 0.1) is 0 Å². The van der Waals surface area contributed by atoms with Crippen molar-refractivity contribution in [1.82, 2.24) is 20.5 Å². The molecule has 0 aromatic carbocycles. The Kier molecular flexibility index (Phi) is 14.8. The van der Waals surface area contributed by atoms with E-state index in [1.807, 2.05) is 24.4 Å². The molecule has 0 fully saturated rings. The third kappa shape index (κ3) is 11.4. The fourth-order valence-electron chi connectivity index (χ4n) is 2.61. The molecule has 1 aromatic rings. The molecule has 0 radical (unpaired) electrons. The van der Waals surface area contributed by atoms with E-state index in [1.54, 1.807) is 0 Å². The van der Waals surface area contributed by atoms with Gasteiger partial charge in [0.15, 0.2) is 5.96 Å². The van der Waals surface area contributed by atoms with Crippen molar-refractivity contribution in [2.75, 3.05) is 32.7 Å². The number of guanidine groups is 1. The van der Waals surface area contributed by atoms with E-state index < -0.39 is 0 Å². The van der Waals surface area contributed by atoms with Gasteiger partial charge in [0.25, 0.3) is 0 Å². The van der Waals surface area contributed by atoms with E-state index in [2.05, 4.69) is 53.2 Å². The standard InChI is InChI=1S/C19H35N5.HI/c1-5-20-19(22-15-13-18-12-8-9-14-21-18)23-17(4)11-10-16-24(6-2)7-3;/h8-9,12,14,17H,5-7,10-11,13,15-16H2,1-4H3,(H2,20,22,23);1H. The zero-order valence-electron chi connectivity index (χ0n) is 16.3. The first-order valence-corrected chi connectivity index (χ1v) is 9.36. The number of hydrogen-bond donors (Lipinski definition) is 2. The Hall–Kier alpha value is -0.890. The summed E-state index contributed by atoms with van der Waals surface area (Å²) in [6.07, 6.45) is 5.07. The summed E-state index contributed by atoms with van der Waals surface area (Å²) in [6.45, 7) is 13.8. The van der Waals surface area contributed by atoms with Gasteiger partial charge in [-0.1, -0.05) is 19.9 Å². The number of nitrogens with one attached hydrogen (secondary N) is 2. The van der Waals surface area contributed by atoms with Gasteiger partial charge in [-0.2, -0.15) is 0 Å². The number of pyridine rings is 1. The zero-order chi connectivity index (χ0) is 17.6. The molecule has 0 saturated carbocycles. The highest BCUT2D eigenvalue weighted by Gasteiger charge is 2.06. The fraction of sp³-hybridized carbons (Fsp3) is 0.684. The average Bonchev–Trinajstić information content (AvgIpc) is 2.60. The number of aliphatic imine (C=N–C) groups is 1. The van der Waals surface area contributed by atoms with E-state index >= 15 is 0 Å². The monoisotopic (exact) mass is 461 g/mol. The van der Waals surface area contributed by atoms with Gasteiger partial charge in [-0.3, -0.25) is 9.98 Å². The highest BCUT2D eigenvalue weighted by Crippen LogP contribution is 2.00. The molecule has 1 heterocycles. The highest BCUT2D eigenvalue weighted by atomic mass is 127. The number of rotatable bonds is 11. The van der Waals surface area contributed by atoms with Crippen LogP contribution in [0.25, 0.3) is 0 Å². The number of aromatic nitrogens is 1. The number of halogens is 1. The Morgan fingerprint density at radius 3 is 2.60 bits per heavy atom. The number of nitrogens with zero attached hydrogens (tertiary/aromatic N) is 3. The van der Waals surface area contributed by atoms with Gasteiger partial charge in [0, 0.05) is 37.4 Å². The Labute approximate surface area is 171 Å². The minimum atomic E-state index is 0. The summed E-state index contributed by atoms with van der Waals surface area (Å²) in [5.41, 5.74) is 1.09. The number of hydrogen-bond acceptors (Lipinski definition) is 3. The van der Waals surface area contributed by atoms with Crippen LogP contribution in [0.5, 0.6) is 0 Å². The van der Waals surface area contributed by atoms with Crippen molar-refractivity contribution in [2.45, 2.75) is 53.0 Å². The van der Waals surface area contributed by atoms with Crippen molar-refractivity contribution >= 4 is 29.9 Å². The molecule has 1 unspecified atom stereocenters. The SMILES string of the molecule is CCNC(=NCCc1ccccn1)NC(C)CCCN(CC)CC.I. The minimum Gasteiger partial charge on any atom is -0.357 e. The molecule has 6 heteroatoms. The lowest BCUT2D eigenvalue weighted by Crippen LogP contribution is -2.42. The van der Waals surface area contributed by atoms with E-state index in [9.17, 15) is 0 Å². The lowest BCUT2D eigenvalue weighted by atomic mass is 10.2. The molecule has 1 rings (SSSR count). The largest absolute Gasteiger partial charge is 0.357 e. The van der Waals surface area contributed by atoms with Crippen LogP contribution in [0.3, 0.4) is 0 Å². The van der Waals surface area contributed by atoms with Crippen LogP contribution in [0.4, 0.5) is 0 Å². The molecule has 0 bridgehead atoms. The zero-order valence-corrected chi connectivity index (χ0v) is 18.6. The highest BCUT2D eigenvalue weighted by molar-refractivity contribution is 14.0. The molecule has 0 amide bonds. The van der Waals surface area contributed by atoms with E-state index in [1.165, 1.54) is 13.0 Å². The maximum Gasteiger partial charge on any atom is 0.191 e. The molecule has 1 atom stereocenters. The second-order valence-corrected chi connectivity index (χ2v) is 6.05. The van der Waals surface area contributed by atoms with Crippen molar-refractivity contribution in [3.63, 3.8) is 0 Å². The third-order valence-corrected chi connectivity index (χ3v) is 4.10. The van der Waals surface area contributed by atoms with Crippen LogP contribution in [0.1, 0.15) is 46.2 Å². The Balaban J connectivity index is 0.00000576. The Morgan fingerprint density at radius 1 is 1.24 bits per heavy atom. The predicted molar refractivity (Wildman–Crippen MR) is 119 cm³/mol. The van der Waals surface area contributed by atoms with Gasteiger partial charge in [0.1, 0.15) is 0 Å². The topological polar surface area (TPSA) is 52.6 Å². The van der Waals surface area contributed by atoms with Gasteiger partial charge in [-0.15, -0.1) is 24.0 Å². The van der Waals surface area contributed by atoms with Crippen molar-refractivity contribution in [3.8, 4) is 0 Å². The molecule has 0 aliphatic carbocycles. The summed E-state index contributed by atoms with van der Waals surface area (Å²) in [7, 11) is 0. The van der Waals surface area contributed by atoms with Gasteiger partial charge < -0.3 is 15.5 Å². The van der Waals surface area contributed by atoms with Crippen LogP contribution in [0.15, 0.2) is 29.4 Å². The summed E-state index contributed by atoms with van der Waals surface area (Å²) in [4.78, 5) is 11.5. The minimum absolute atomic E-state index is 0. The molecular formula is C19H36IN5. The lowest BCUT2D eigenvalue weighted by molar-refractivity contribution is 0.292. The summed E-state index contributed by atoms with van der Waals surface area (Å²) in [5, 5.41) is 6.84. The maximum absolute atomic E-state index is 4.67. The van der Waals surface area contributed by atoms with Crippen molar-refractivity contribution in [1.29, 1.82) is 0 Å². The molecule has 0 spiro atoms. The smallest absolute Gasteiger partial charge is 0.191 e. The third-order valence-electron chi connectivity index (χ3n) is 4.10. The van der Waals surface area contributed by atoms with Crippen LogP contribution >= 0.6 is 24.0 Å². The first kappa shape index (κ1) is 24.1. The molecule has 25 heavy (non-hydrogen) atoms. The Bertz CT molecular complexity index is 448. The molecule has 2 N–H and O–H groups in total. The van der Waals surface area contributed by atoms with E-state index in [4.69, 9.17) is 0 Å². The van der Waals surface area contributed by atoms with E-state index in [-0.39, 0.29) is 24.0 Å². The summed E-state index contributed by atoms with van der Waals surface area (Å²) in [6, 6.07) is 6.44. The van der Waals surface area contributed by atoms with Crippen LogP contribution < -0.4 is 10.6 Å². The molecule has 0 saturated heterocycles. The van der Waals surface area contributed by atoms with Crippen LogP contribution in [-0.2, 0) is 6.42 Å². The van der Waals surface area contributed by atoms with Crippen LogP contribution in [-0.4, -0.2) is 54.6 Å². The van der Waals surface area contributed by atoms with Gasteiger partial charge in [-0.05, 0) is 58.5 Å². The normalized spacial score (nSPS) is 12.6. The van der Waals surface area contributed by atoms with Crippen LogP contribution in [0.2, 0.25) is 0 Å². The average molecular weight is 461 g/mol. The molecule has 144 valence electrons. The molecule has 0 aliphatic rings. The second-order valence-electron chi connectivity index (χ2n) is 6.05. The van der Waals surface area contributed by atoms with Gasteiger partial charge in [-0.25, -0.2) is 0 Å². The molecule has 1 aromatic heterocycles. The first-order valence-electron chi connectivity index (χ1n) is 9.36. The van der Waals surface area contributed by atoms with Crippen molar-refractivity contribution in [3.05, 3.63) is 30.1 Å². The predicted octanol–water partition coefficient (Wildman–Crippen LogP) is 3.31. The lowest BCUT2D eigenvalue weighted by Gasteiger charge is -2.21. The summed E-state index contributed by atoms with van der Waals surface area (Å²) >= 11 is 0. The van der Waals surface area contributed by atoms with Crippen LogP contribution in [0, 0.1) is 0 Å². The summed E-state index contributed by atoms with van der Waals surface area (Å²) in [5.74, 6) is 0.906.